The van der Waals surface area contributed by atoms with Crippen LogP contribution >= 0.6 is 0 Å². The molecule has 5 heteroatoms. The molecule has 1 N–H and O–H groups in total. The Labute approximate surface area is 106 Å². The van der Waals surface area contributed by atoms with Gasteiger partial charge in [-0.3, -0.25) is 14.7 Å². The van der Waals surface area contributed by atoms with Crippen molar-refractivity contribution in [2.24, 2.45) is 0 Å². The fraction of sp³-hybridized carbons (Fsp3) is 0.462. The molecule has 0 radical (unpaired) electrons. The maximum atomic E-state index is 11.9. The zero-order chi connectivity index (χ0) is 12.8. The summed E-state index contributed by atoms with van der Waals surface area (Å²) >= 11 is 0. The Morgan fingerprint density at radius 3 is 2.72 bits per heavy atom. The van der Waals surface area contributed by atoms with Gasteiger partial charge in [0.2, 0.25) is 0 Å². The lowest BCUT2D eigenvalue weighted by Gasteiger charge is -2.30. The van der Waals surface area contributed by atoms with Crippen LogP contribution < -0.4 is 5.32 Å². The number of carbonyl (C=O) groups is 1. The van der Waals surface area contributed by atoms with E-state index in [0.717, 1.165) is 25.9 Å². The summed E-state index contributed by atoms with van der Waals surface area (Å²) in [5, 5.41) is 11.6. The van der Waals surface area contributed by atoms with Gasteiger partial charge in [0.1, 0.15) is 0 Å². The number of piperidine rings is 1. The van der Waals surface area contributed by atoms with Gasteiger partial charge in [0.15, 0.2) is 0 Å². The SMILES string of the molecule is N#CCN1CCC(NC(=O)c2ccncc2)CC1. The first-order valence-electron chi connectivity index (χ1n) is 6.10. The van der Waals surface area contributed by atoms with Gasteiger partial charge in [-0.1, -0.05) is 0 Å². The van der Waals surface area contributed by atoms with E-state index in [4.69, 9.17) is 5.26 Å². The molecule has 0 atom stereocenters. The predicted octanol–water partition coefficient (Wildman–Crippen LogP) is 0.799. The largest absolute Gasteiger partial charge is 0.349 e. The van der Waals surface area contributed by atoms with Crippen LogP contribution in [0.15, 0.2) is 24.5 Å². The molecule has 1 saturated heterocycles. The zero-order valence-electron chi connectivity index (χ0n) is 10.2. The highest BCUT2D eigenvalue weighted by atomic mass is 16.1. The fourth-order valence-corrected chi connectivity index (χ4v) is 2.11. The summed E-state index contributed by atoms with van der Waals surface area (Å²) in [6.07, 6.45) is 5.03. The molecular weight excluding hydrogens is 228 g/mol. The zero-order valence-corrected chi connectivity index (χ0v) is 10.2. The van der Waals surface area contributed by atoms with E-state index in [1.165, 1.54) is 0 Å². The molecule has 2 heterocycles. The Kier molecular flexibility index (Phi) is 4.26. The smallest absolute Gasteiger partial charge is 0.251 e. The lowest BCUT2D eigenvalue weighted by Crippen LogP contribution is -2.44. The minimum atomic E-state index is -0.0452. The number of likely N-dealkylation sites (tertiary alicyclic amines) is 1. The van der Waals surface area contributed by atoms with E-state index in [-0.39, 0.29) is 11.9 Å². The molecule has 18 heavy (non-hydrogen) atoms. The third kappa shape index (κ3) is 3.28. The minimum absolute atomic E-state index is 0.0452. The molecule has 1 aromatic rings. The fourth-order valence-electron chi connectivity index (χ4n) is 2.11. The third-order valence-corrected chi connectivity index (χ3v) is 3.16. The number of nitrogens with one attached hydrogen (secondary N) is 1. The first-order chi connectivity index (χ1) is 8.79. The second kappa shape index (κ2) is 6.12. The van der Waals surface area contributed by atoms with Crippen LogP contribution in [0.2, 0.25) is 0 Å². The molecule has 0 spiro atoms. The van der Waals surface area contributed by atoms with Gasteiger partial charge in [-0.25, -0.2) is 0 Å². The molecule has 0 aromatic carbocycles. The quantitative estimate of drug-likeness (QED) is 0.798. The number of amides is 1. The molecule has 1 fully saturated rings. The molecular formula is C13H16N4O. The summed E-state index contributed by atoms with van der Waals surface area (Å²) < 4.78 is 0. The van der Waals surface area contributed by atoms with Gasteiger partial charge < -0.3 is 5.32 Å². The van der Waals surface area contributed by atoms with Crippen molar-refractivity contribution >= 4 is 5.91 Å². The highest BCUT2D eigenvalue weighted by molar-refractivity contribution is 5.94. The molecule has 0 bridgehead atoms. The second-order valence-corrected chi connectivity index (χ2v) is 4.42. The summed E-state index contributed by atoms with van der Waals surface area (Å²) in [7, 11) is 0. The van der Waals surface area contributed by atoms with Crippen LogP contribution in [-0.2, 0) is 0 Å². The molecule has 1 aliphatic rings. The number of nitrogens with zero attached hydrogens (tertiary/aromatic N) is 3. The molecule has 1 aromatic heterocycles. The predicted molar refractivity (Wildman–Crippen MR) is 66.8 cm³/mol. The highest BCUT2D eigenvalue weighted by Gasteiger charge is 2.20. The van der Waals surface area contributed by atoms with Crippen molar-refractivity contribution in [2.75, 3.05) is 19.6 Å². The van der Waals surface area contributed by atoms with E-state index < -0.39 is 0 Å². The van der Waals surface area contributed by atoms with Crippen molar-refractivity contribution in [2.45, 2.75) is 18.9 Å². The first kappa shape index (κ1) is 12.5. The van der Waals surface area contributed by atoms with Gasteiger partial charge in [-0.05, 0) is 25.0 Å². The number of nitriles is 1. The number of rotatable bonds is 3. The van der Waals surface area contributed by atoms with E-state index in [0.29, 0.717) is 12.1 Å². The summed E-state index contributed by atoms with van der Waals surface area (Å²) in [6, 6.07) is 5.78. The number of aromatic nitrogens is 1. The van der Waals surface area contributed by atoms with Crippen molar-refractivity contribution in [3.63, 3.8) is 0 Å². The molecule has 0 saturated carbocycles. The molecule has 94 valence electrons. The highest BCUT2D eigenvalue weighted by Crippen LogP contribution is 2.10. The Morgan fingerprint density at radius 2 is 2.11 bits per heavy atom. The van der Waals surface area contributed by atoms with E-state index in [9.17, 15) is 4.79 Å². The lowest BCUT2D eigenvalue weighted by atomic mass is 10.0. The van der Waals surface area contributed by atoms with E-state index >= 15 is 0 Å². The normalized spacial score (nSPS) is 17.1. The average molecular weight is 244 g/mol. The van der Waals surface area contributed by atoms with Crippen LogP contribution in [0.1, 0.15) is 23.2 Å². The van der Waals surface area contributed by atoms with Gasteiger partial charge in [0.05, 0.1) is 12.6 Å². The van der Waals surface area contributed by atoms with Crippen LogP contribution in [0, 0.1) is 11.3 Å². The van der Waals surface area contributed by atoms with Crippen LogP contribution in [0.3, 0.4) is 0 Å². The second-order valence-electron chi connectivity index (χ2n) is 4.42. The van der Waals surface area contributed by atoms with E-state index in [1.807, 2.05) is 0 Å². The maximum absolute atomic E-state index is 11.9. The monoisotopic (exact) mass is 244 g/mol. The maximum Gasteiger partial charge on any atom is 0.251 e. The van der Waals surface area contributed by atoms with Crippen molar-refractivity contribution in [1.29, 1.82) is 5.26 Å². The van der Waals surface area contributed by atoms with Crippen LogP contribution in [0.4, 0.5) is 0 Å². The summed E-state index contributed by atoms with van der Waals surface area (Å²) in [6.45, 7) is 2.22. The van der Waals surface area contributed by atoms with Crippen LogP contribution in [-0.4, -0.2) is 41.5 Å². The van der Waals surface area contributed by atoms with Crippen molar-refractivity contribution < 1.29 is 4.79 Å². The average Bonchev–Trinajstić information content (AvgIpc) is 2.42. The molecule has 0 aliphatic carbocycles. The van der Waals surface area contributed by atoms with Gasteiger partial charge >= 0.3 is 0 Å². The summed E-state index contributed by atoms with van der Waals surface area (Å²) in [5.74, 6) is -0.0452. The van der Waals surface area contributed by atoms with Crippen molar-refractivity contribution in [1.82, 2.24) is 15.2 Å². The molecule has 5 nitrogen and oxygen atoms in total. The molecule has 2 rings (SSSR count). The lowest BCUT2D eigenvalue weighted by molar-refractivity contribution is 0.0914. The van der Waals surface area contributed by atoms with Gasteiger partial charge in [-0.15, -0.1) is 0 Å². The Bertz CT molecular complexity index is 432. The van der Waals surface area contributed by atoms with Gasteiger partial charge in [0, 0.05) is 37.1 Å². The summed E-state index contributed by atoms with van der Waals surface area (Å²) in [4.78, 5) is 17.9. The third-order valence-electron chi connectivity index (χ3n) is 3.16. The topological polar surface area (TPSA) is 69.0 Å². The van der Waals surface area contributed by atoms with Crippen LogP contribution in [0.5, 0.6) is 0 Å². The first-order valence-corrected chi connectivity index (χ1v) is 6.10. The van der Waals surface area contributed by atoms with E-state index in [1.54, 1.807) is 24.5 Å². The van der Waals surface area contributed by atoms with Crippen molar-refractivity contribution in [3.8, 4) is 6.07 Å². The number of hydrogen-bond donors (Lipinski definition) is 1. The summed E-state index contributed by atoms with van der Waals surface area (Å²) in [5.41, 5.74) is 0.643. The Balaban J connectivity index is 1.82. The molecule has 1 aliphatic heterocycles. The minimum Gasteiger partial charge on any atom is -0.349 e. The molecule has 1 amide bonds. The number of carbonyl (C=O) groups excluding carboxylic acids is 1. The van der Waals surface area contributed by atoms with E-state index in [2.05, 4.69) is 21.3 Å². The van der Waals surface area contributed by atoms with Crippen LogP contribution in [0.25, 0.3) is 0 Å². The molecule has 0 unspecified atom stereocenters. The van der Waals surface area contributed by atoms with Gasteiger partial charge in [0.25, 0.3) is 5.91 Å². The number of pyridine rings is 1. The number of hydrogen-bond acceptors (Lipinski definition) is 4. The van der Waals surface area contributed by atoms with Gasteiger partial charge in [-0.2, -0.15) is 5.26 Å². The Hall–Kier alpha value is -1.93. The van der Waals surface area contributed by atoms with Crippen molar-refractivity contribution in [3.05, 3.63) is 30.1 Å². The Morgan fingerprint density at radius 1 is 1.44 bits per heavy atom. The standard InChI is InChI=1S/C13H16N4O/c14-5-10-17-8-3-12(4-9-17)16-13(18)11-1-6-15-7-2-11/h1-2,6-7,12H,3-4,8-10H2,(H,16,18).